The Labute approximate surface area is 114 Å². The highest BCUT2D eigenvalue weighted by Gasteiger charge is 2.05. The van der Waals surface area contributed by atoms with Crippen LogP contribution in [-0.2, 0) is 20.1 Å². The van der Waals surface area contributed by atoms with E-state index in [2.05, 4.69) is 39.4 Å². The molecule has 1 N–H and O–H groups in total. The largest absolute Gasteiger partial charge is 0.355 e. The van der Waals surface area contributed by atoms with Gasteiger partial charge in [-0.05, 0) is 18.2 Å². The van der Waals surface area contributed by atoms with Gasteiger partial charge in [-0.15, -0.1) is 0 Å². The Balaban J connectivity index is 1.97. The van der Waals surface area contributed by atoms with E-state index in [1.165, 1.54) is 11.1 Å². The lowest BCUT2D eigenvalue weighted by Crippen LogP contribution is -2.18. The first-order valence-electron chi connectivity index (χ1n) is 6.53. The number of nitrogens with zero attached hydrogens (tertiary/aromatic N) is 4. The summed E-state index contributed by atoms with van der Waals surface area (Å²) in [6, 6.07) is 4.17. The van der Waals surface area contributed by atoms with E-state index in [1.807, 2.05) is 37.4 Å². The minimum atomic E-state index is 0.813. The van der Waals surface area contributed by atoms with Gasteiger partial charge >= 0.3 is 0 Å². The van der Waals surface area contributed by atoms with Crippen molar-refractivity contribution < 1.29 is 0 Å². The zero-order valence-corrected chi connectivity index (χ0v) is 11.8. The van der Waals surface area contributed by atoms with Crippen molar-refractivity contribution in [3.05, 3.63) is 41.9 Å². The van der Waals surface area contributed by atoms with E-state index in [-0.39, 0.29) is 0 Å². The average molecular weight is 259 g/mol. The summed E-state index contributed by atoms with van der Waals surface area (Å²) >= 11 is 0. The smallest absolute Gasteiger partial charge is 0.128 e. The molecule has 0 spiro atoms. The molecule has 0 saturated heterocycles. The van der Waals surface area contributed by atoms with Crippen LogP contribution in [0.5, 0.6) is 0 Å². The first kappa shape index (κ1) is 13.5. The minimum Gasteiger partial charge on any atom is -0.355 e. The van der Waals surface area contributed by atoms with Crippen LogP contribution >= 0.6 is 0 Å². The Hall–Kier alpha value is -1.88. The van der Waals surface area contributed by atoms with E-state index < -0.39 is 0 Å². The molecular formula is C14H21N5. The van der Waals surface area contributed by atoms with Crippen LogP contribution in [0, 0.1) is 0 Å². The lowest BCUT2D eigenvalue weighted by Gasteiger charge is -2.17. The lowest BCUT2D eigenvalue weighted by molar-refractivity contribution is 0.724. The molecule has 2 rings (SSSR count). The van der Waals surface area contributed by atoms with E-state index >= 15 is 0 Å². The van der Waals surface area contributed by atoms with E-state index in [9.17, 15) is 0 Å². The zero-order chi connectivity index (χ0) is 13.7. The van der Waals surface area contributed by atoms with E-state index in [0.717, 1.165) is 25.5 Å². The molecule has 2 aromatic rings. The fraction of sp³-hybridized carbons (Fsp3) is 0.429. The molecule has 5 heteroatoms. The van der Waals surface area contributed by atoms with Crippen LogP contribution in [-0.4, -0.2) is 28.4 Å². The molecule has 0 saturated carbocycles. The quantitative estimate of drug-likeness (QED) is 0.855. The SMILES string of the molecule is CCNCc1ccc(N(C)Cc2cnn(C)c2)nc1. The number of aryl methyl sites for hydroxylation is 1. The molecule has 0 unspecified atom stereocenters. The third-order valence-electron chi connectivity index (χ3n) is 2.96. The van der Waals surface area contributed by atoms with Crippen LogP contribution in [0.4, 0.5) is 5.82 Å². The van der Waals surface area contributed by atoms with Crippen molar-refractivity contribution in [2.75, 3.05) is 18.5 Å². The summed E-state index contributed by atoms with van der Waals surface area (Å²) in [5, 5.41) is 7.46. The number of hydrogen-bond acceptors (Lipinski definition) is 4. The van der Waals surface area contributed by atoms with Crippen LogP contribution in [0.1, 0.15) is 18.1 Å². The van der Waals surface area contributed by atoms with Gasteiger partial charge in [-0.25, -0.2) is 4.98 Å². The second-order valence-electron chi connectivity index (χ2n) is 4.68. The highest BCUT2D eigenvalue weighted by Crippen LogP contribution is 2.12. The van der Waals surface area contributed by atoms with Gasteiger partial charge in [0.05, 0.1) is 6.20 Å². The van der Waals surface area contributed by atoms with Crippen molar-refractivity contribution in [2.45, 2.75) is 20.0 Å². The maximum absolute atomic E-state index is 4.49. The Morgan fingerprint density at radius 2 is 2.11 bits per heavy atom. The molecule has 102 valence electrons. The molecular weight excluding hydrogens is 238 g/mol. The summed E-state index contributed by atoms with van der Waals surface area (Å²) in [5.41, 5.74) is 2.39. The summed E-state index contributed by atoms with van der Waals surface area (Å²) in [5.74, 6) is 0.976. The number of nitrogens with one attached hydrogen (secondary N) is 1. The van der Waals surface area contributed by atoms with E-state index in [4.69, 9.17) is 0 Å². The van der Waals surface area contributed by atoms with Crippen LogP contribution in [0.3, 0.4) is 0 Å². The van der Waals surface area contributed by atoms with Gasteiger partial charge in [-0.2, -0.15) is 5.10 Å². The van der Waals surface area contributed by atoms with E-state index in [0.29, 0.717) is 0 Å². The van der Waals surface area contributed by atoms with Crippen LogP contribution in [0.2, 0.25) is 0 Å². The summed E-state index contributed by atoms with van der Waals surface area (Å²) < 4.78 is 1.82. The minimum absolute atomic E-state index is 0.813. The number of rotatable bonds is 6. The Bertz CT molecular complexity index is 503. The van der Waals surface area contributed by atoms with E-state index in [1.54, 1.807) is 0 Å². The molecule has 0 aliphatic heterocycles. The second kappa shape index (κ2) is 6.33. The zero-order valence-electron chi connectivity index (χ0n) is 11.8. The maximum atomic E-state index is 4.49. The predicted molar refractivity (Wildman–Crippen MR) is 76.9 cm³/mol. The van der Waals surface area contributed by atoms with Gasteiger partial charge in [0.2, 0.25) is 0 Å². The Kier molecular flexibility index (Phi) is 4.52. The molecule has 0 atom stereocenters. The van der Waals surface area contributed by atoms with Gasteiger partial charge in [-0.3, -0.25) is 4.68 Å². The highest BCUT2D eigenvalue weighted by molar-refractivity contribution is 5.39. The van der Waals surface area contributed by atoms with Gasteiger partial charge in [0.15, 0.2) is 0 Å². The summed E-state index contributed by atoms with van der Waals surface area (Å²) in [6.45, 7) is 4.76. The molecule has 0 fully saturated rings. The third kappa shape index (κ3) is 3.79. The molecule has 5 nitrogen and oxygen atoms in total. The third-order valence-corrected chi connectivity index (χ3v) is 2.96. The molecule has 19 heavy (non-hydrogen) atoms. The predicted octanol–water partition coefficient (Wildman–Crippen LogP) is 1.56. The summed E-state index contributed by atoms with van der Waals surface area (Å²) in [4.78, 5) is 6.61. The summed E-state index contributed by atoms with van der Waals surface area (Å²) in [6.07, 6.45) is 5.84. The van der Waals surface area contributed by atoms with Crippen molar-refractivity contribution >= 4 is 5.82 Å². The lowest BCUT2D eigenvalue weighted by atomic mass is 10.2. The number of hydrogen-bond donors (Lipinski definition) is 1. The van der Waals surface area contributed by atoms with Crippen molar-refractivity contribution in [1.29, 1.82) is 0 Å². The van der Waals surface area contributed by atoms with Crippen LogP contribution in [0.25, 0.3) is 0 Å². The van der Waals surface area contributed by atoms with Crippen molar-refractivity contribution in [3.63, 3.8) is 0 Å². The highest BCUT2D eigenvalue weighted by atomic mass is 15.2. The van der Waals surface area contributed by atoms with Crippen molar-refractivity contribution in [3.8, 4) is 0 Å². The van der Waals surface area contributed by atoms with Crippen LogP contribution < -0.4 is 10.2 Å². The van der Waals surface area contributed by atoms with Gasteiger partial charge in [0.25, 0.3) is 0 Å². The Morgan fingerprint density at radius 3 is 2.68 bits per heavy atom. The van der Waals surface area contributed by atoms with Gasteiger partial charge in [0.1, 0.15) is 5.82 Å². The molecule has 0 aliphatic carbocycles. The fourth-order valence-electron chi connectivity index (χ4n) is 1.92. The van der Waals surface area contributed by atoms with Gasteiger partial charge < -0.3 is 10.2 Å². The average Bonchev–Trinajstić information content (AvgIpc) is 2.82. The molecule has 0 aliphatic rings. The monoisotopic (exact) mass is 259 g/mol. The second-order valence-corrected chi connectivity index (χ2v) is 4.68. The van der Waals surface area contributed by atoms with Crippen LogP contribution in [0.15, 0.2) is 30.7 Å². The Morgan fingerprint density at radius 1 is 1.26 bits per heavy atom. The molecule has 2 aromatic heterocycles. The molecule has 0 amide bonds. The topological polar surface area (TPSA) is 46.0 Å². The molecule has 0 bridgehead atoms. The molecule has 0 radical (unpaired) electrons. The normalized spacial score (nSPS) is 10.7. The summed E-state index contributed by atoms with van der Waals surface area (Å²) in [7, 11) is 3.97. The number of anilines is 1. The maximum Gasteiger partial charge on any atom is 0.128 e. The fourth-order valence-corrected chi connectivity index (χ4v) is 1.92. The molecule has 2 heterocycles. The standard InChI is InChI=1S/C14H21N5/c1-4-15-7-12-5-6-14(16-8-12)18(2)10-13-9-17-19(3)11-13/h5-6,8-9,11,15H,4,7,10H2,1-3H3. The van der Waals surface area contributed by atoms with Gasteiger partial charge in [-0.1, -0.05) is 13.0 Å². The molecule has 0 aromatic carbocycles. The number of aromatic nitrogens is 3. The van der Waals surface area contributed by atoms with Crippen molar-refractivity contribution in [2.24, 2.45) is 7.05 Å². The number of pyridine rings is 1. The van der Waals surface area contributed by atoms with Crippen molar-refractivity contribution in [1.82, 2.24) is 20.1 Å². The van der Waals surface area contributed by atoms with Gasteiger partial charge in [0, 0.05) is 45.1 Å². The first-order chi connectivity index (χ1) is 9.19. The first-order valence-corrected chi connectivity index (χ1v) is 6.53.